The largest absolute Gasteiger partial charge is 0.342 e. The number of nitrogens with zero attached hydrogens (tertiary/aromatic N) is 2. The van der Waals surface area contributed by atoms with Gasteiger partial charge in [-0.1, -0.05) is 13.8 Å². The summed E-state index contributed by atoms with van der Waals surface area (Å²) in [6.45, 7) is 6.29. The molecule has 0 saturated heterocycles. The fourth-order valence-corrected chi connectivity index (χ4v) is 2.43. The fourth-order valence-electron chi connectivity index (χ4n) is 1.42. The standard InChI is InChI=1S/C12H19ClN2OS/c1-8(2)9(3)15(4)12(16)5-11-14-10(6-13)7-17-11/h7-9H,5-6H2,1-4H3. The third-order valence-electron chi connectivity index (χ3n) is 3.01. The minimum Gasteiger partial charge on any atom is -0.342 e. The number of carbonyl (C=O) groups excluding carboxylic acids is 1. The van der Waals surface area contributed by atoms with Gasteiger partial charge in [-0.3, -0.25) is 4.79 Å². The Morgan fingerprint density at radius 2 is 2.18 bits per heavy atom. The lowest BCUT2D eigenvalue weighted by atomic mass is 10.1. The second kappa shape index (κ2) is 6.36. The zero-order valence-corrected chi connectivity index (χ0v) is 12.3. The highest BCUT2D eigenvalue weighted by Crippen LogP contribution is 2.15. The first-order valence-electron chi connectivity index (χ1n) is 5.70. The predicted octanol–water partition coefficient (Wildman–Crippen LogP) is 2.93. The van der Waals surface area contributed by atoms with E-state index < -0.39 is 0 Å². The molecule has 1 heterocycles. The van der Waals surface area contributed by atoms with Crippen LogP contribution in [0, 0.1) is 5.92 Å². The summed E-state index contributed by atoms with van der Waals surface area (Å²) in [6, 6.07) is 0.245. The highest BCUT2D eigenvalue weighted by atomic mass is 35.5. The van der Waals surface area contributed by atoms with Crippen molar-refractivity contribution in [1.29, 1.82) is 0 Å². The van der Waals surface area contributed by atoms with Crippen LogP contribution < -0.4 is 0 Å². The first-order valence-corrected chi connectivity index (χ1v) is 7.12. The summed E-state index contributed by atoms with van der Waals surface area (Å²) < 4.78 is 0. The van der Waals surface area contributed by atoms with Crippen molar-refractivity contribution in [1.82, 2.24) is 9.88 Å². The molecule has 0 aromatic carbocycles. The average molecular weight is 275 g/mol. The molecule has 0 radical (unpaired) electrons. The lowest BCUT2D eigenvalue weighted by Gasteiger charge is -2.27. The molecule has 5 heteroatoms. The van der Waals surface area contributed by atoms with Crippen molar-refractivity contribution in [3.05, 3.63) is 16.1 Å². The molecule has 0 N–H and O–H groups in total. The highest BCUT2D eigenvalue weighted by Gasteiger charge is 2.19. The maximum absolute atomic E-state index is 12.0. The summed E-state index contributed by atoms with van der Waals surface area (Å²) in [6.07, 6.45) is 0.370. The minimum atomic E-state index is 0.113. The van der Waals surface area contributed by atoms with Gasteiger partial charge in [-0.15, -0.1) is 22.9 Å². The van der Waals surface area contributed by atoms with Gasteiger partial charge in [0.25, 0.3) is 0 Å². The van der Waals surface area contributed by atoms with Gasteiger partial charge in [0.2, 0.25) is 5.91 Å². The number of rotatable bonds is 5. The van der Waals surface area contributed by atoms with Crippen molar-refractivity contribution in [2.75, 3.05) is 7.05 Å². The number of hydrogen-bond acceptors (Lipinski definition) is 3. The van der Waals surface area contributed by atoms with Crippen LogP contribution >= 0.6 is 22.9 Å². The van der Waals surface area contributed by atoms with E-state index in [0.29, 0.717) is 18.2 Å². The summed E-state index contributed by atoms with van der Waals surface area (Å²) in [5.41, 5.74) is 0.846. The van der Waals surface area contributed by atoms with Crippen molar-refractivity contribution in [2.45, 2.75) is 39.1 Å². The number of aromatic nitrogens is 1. The van der Waals surface area contributed by atoms with Gasteiger partial charge in [0.1, 0.15) is 5.01 Å². The van der Waals surface area contributed by atoms with Gasteiger partial charge in [-0.25, -0.2) is 4.98 Å². The van der Waals surface area contributed by atoms with Gasteiger partial charge in [-0.2, -0.15) is 0 Å². The Morgan fingerprint density at radius 3 is 2.65 bits per heavy atom. The second-order valence-electron chi connectivity index (χ2n) is 4.53. The molecule has 0 fully saturated rings. The monoisotopic (exact) mass is 274 g/mol. The Hall–Kier alpha value is -0.610. The van der Waals surface area contributed by atoms with E-state index in [1.165, 1.54) is 11.3 Å². The lowest BCUT2D eigenvalue weighted by molar-refractivity contribution is -0.131. The zero-order valence-electron chi connectivity index (χ0n) is 10.7. The molecule has 3 nitrogen and oxygen atoms in total. The van der Waals surface area contributed by atoms with Crippen LogP contribution in [0.3, 0.4) is 0 Å². The van der Waals surface area contributed by atoms with Crippen molar-refractivity contribution < 1.29 is 4.79 Å². The molecular formula is C12H19ClN2OS. The molecule has 1 aromatic heterocycles. The van der Waals surface area contributed by atoms with Crippen molar-refractivity contribution >= 4 is 28.8 Å². The minimum absolute atomic E-state index is 0.113. The van der Waals surface area contributed by atoms with E-state index in [2.05, 4.69) is 25.8 Å². The first-order chi connectivity index (χ1) is 7.95. The summed E-state index contributed by atoms with van der Waals surface area (Å²) in [4.78, 5) is 18.1. The first kappa shape index (κ1) is 14.5. The number of likely N-dealkylation sites (N-methyl/N-ethyl adjacent to an activating group) is 1. The molecule has 1 rings (SSSR count). The molecule has 0 saturated carbocycles. The third-order valence-corrected chi connectivity index (χ3v) is 4.18. The second-order valence-corrected chi connectivity index (χ2v) is 5.74. The van der Waals surface area contributed by atoms with Gasteiger partial charge >= 0.3 is 0 Å². The summed E-state index contributed by atoms with van der Waals surface area (Å²) >= 11 is 7.18. The summed E-state index contributed by atoms with van der Waals surface area (Å²) in [5, 5.41) is 2.75. The predicted molar refractivity (Wildman–Crippen MR) is 72.4 cm³/mol. The topological polar surface area (TPSA) is 33.2 Å². The van der Waals surface area contributed by atoms with Crippen LogP contribution in [0.25, 0.3) is 0 Å². The fraction of sp³-hybridized carbons (Fsp3) is 0.667. The Bertz CT molecular complexity index is 378. The highest BCUT2D eigenvalue weighted by molar-refractivity contribution is 7.09. The molecule has 0 spiro atoms. The van der Waals surface area contributed by atoms with E-state index in [-0.39, 0.29) is 11.9 Å². The van der Waals surface area contributed by atoms with Crippen LogP contribution in [0.5, 0.6) is 0 Å². The zero-order chi connectivity index (χ0) is 13.0. The van der Waals surface area contributed by atoms with Gasteiger partial charge in [0, 0.05) is 18.5 Å². The van der Waals surface area contributed by atoms with Gasteiger partial charge in [0.15, 0.2) is 0 Å². The smallest absolute Gasteiger partial charge is 0.229 e. The molecule has 0 aliphatic heterocycles. The van der Waals surface area contributed by atoms with Gasteiger partial charge < -0.3 is 4.90 Å². The van der Waals surface area contributed by atoms with Crippen molar-refractivity contribution in [3.63, 3.8) is 0 Å². The van der Waals surface area contributed by atoms with E-state index in [1.54, 1.807) is 4.90 Å². The van der Waals surface area contributed by atoms with E-state index in [0.717, 1.165) is 10.7 Å². The summed E-state index contributed by atoms with van der Waals surface area (Å²) in [7, 11) is 1.85. The third kappa shape index (κ3) is 3.96. The molecular weight excluding hydrogens is 256 g/mol. The molecule has 0 aliphatic rings. The van der Waals surface area contributed by atoms with Crippen LogP contribution in [-0.4, -0.2) is 28.9 Å². The van der Waals surface area contributed by atoms with E-state index in [4.69, 9.17) is 11.6 Å². The molecule has 1 unspecified atom stereocenters. The van der Waals surface area contributed by atoms with Crippen LogP contribution in [0.1, 0.15) is 31.5 Å². The summed E-state index contributed by atoms with van der Waals surface area (Å²) in [5.74, 6) is 0.975. The van der Waals surface area contributed by atoms with Gasteiger partial charge in [-0.05, 0) is 12.8 Å². The van der Waals surface area contributed by atoms with E-state index >= 15 is 0 Å². The number of carbonyl (C=O) groups is 1. The van der Waals surface area contributed by atoms with E-state index in [1.807, 2.05) is 12.4 Å². The number of thiazole rings is 1. The Kier molecular flexibility index (Phi) is 5.40. The van der Waals surface area contributed by atoms with Crippen molar-refractivity contribution in [2.24, 2.45) is 5.92 Å². The lowest BCUT2D eigenvalue weighted by Crippen LogP contribution is -2.39. The Labute approximate surface area is 112 Å². The van der Waals surface area contributed by atoms with E-state index in [9.17, 15) is 4.79 Å². The normalized spacial score (nSPS) is 12.8. The van der Waals surface area contributed by atoms with Crippen molar-refractivity contribution in [3.8, 4) is 0 Å². The molecule has 0 aliphatic carbocycles. The maximum Gasteiger partial charge on any atom is 0.229 e. The average Bonchev–Trinajstić information content (AvgIpc) is 2.74. The molecule has 17 heavy (non-hydrogen) atoms. The number of halogens is 1. The molecule has 1 amide bonds. The molecule has 1 aromatic rings. The quantitative estimate of drug-likeness (QED) is 0.774. The maximum atomic E-state index is 12.0. The molecule has 1 atom stereocenters. The van der Waals surface area contributed by atoms with Crippen LogP contribution in [0.15, 0.2) is 5.38 Å². The SMILES string of the molecule is CC(C)C(C)N(C)C(=O)Cc1nc(CCl)cs1. The number of hydrogen-bond donors (Lipinski definition) is 0. The molecule has 0 bridgehead atoms. The molecule has 96 valence electrons. The Morgan fingerprint density at radius 1 is 1.53 bits per heavy atom. The van der Waals surface area contributed by atoms with Crippen LogP contribution in [0.4, 0.5) is 0 Å². The number of amides is 1. The number of alkyl halides is 1. The van der Waals surface area contributed by atoms with Crippen LogP contribution in [-0.2, 0) is 17.1 Å². The van der Waals surface area contributed by atoms with Crippen LogP contribution in [0.2, 0.25) is 0 Å². The van der Waals surface area contributed by atoms with Gasteiger partial charge in [0.05, 0.1) is 18.0 Å². The Balaban J connectivity index is 2.59.